The molecule has 0 saturated heterocycles. The van der Waals surface area contributed by atoms with E-state index in [1.54, 1.807) is 20.2 Å². The molecule has 0 spiro atoms. The van der Waals surface area contributed by atoms with E-state index in [1.165, 1.54) is 15.9 Å². The highest BCUT2D eigenvalue weighted by Crippen LogP contribution is 2.18. The van der Waals surface area contributed by atoms with E-state index in [0.29, 0.717) is 5.69 Å². The van der Waals surface area contributed by atoms with Gasteiger partial charge in [0.05, 0.1) is 12.2 Å². The number of carbonyl (C=O) groups excluding carboxylic acids is 2. The minimum atomic E-state index is -0.452. The van der Waals surface area contributed by atoms with Crippen molar-refractivity contribution in [3.05, 3.63) is 30.1 Å². The number of tetrazole rings is 1. The highest BCUT2D eigenvalue weighted by molar-refractivity contribution is 5.93. The van der Waals surface area contributed by atoms with E-state index in [2.05, 4.69) is 26.2 Å². The smallest absolute Gasteiger partial charge is 0.319 e. The number of rotatable bonds is 4. The summed E-state index contributed by atoms with van der Waals surface area (Å²) in [6, 6.07) is 4.98. The molecule has 1 heterocycles. The van der Waals surface area contributed by atoms with Crippen LogP contribution in [0.3, 0.4) is 0 Å². The van der Waals surface area contributed by atoms with Crippen LogP contribution in [0.15, 0.2) is 24.5 Å². The van der Waals surface area contributed by atoms with Crippen molar-refractivity contribution in [3.8, 4) is 5.69 Å². The topological polar surface area (TPSA) is 105 Å². The minimum Gasteiger partial charge on any atom is -0.347 e. The molecule has 22 heavy (non-hydrogen) atoms. The van der Waals surface area contributed by atoms with Gasteiger partial charge >= 0.3 is 6.03 Å². The van der Waals surface area contributed by atoms with Gasteiger partial charge in [-0.15, -0.1) is 5.10 Å². The van der Waals surface area contributed by atoms with E-state index in [4.69, 9.17) is 0 Å². The molecular formula is C13H17N7O2. The van der Waals surface area contributed by atoms with E-state index in [0.717, 1.165) is 11.3 Å². The molecule has 0 radical (unpaired) electrons. The summed E-state index contributed by atoms with van der Waals surface area (Å²) in [4.78, 5) is 24.7. The van der Waals surface area contributed by atoms with Crippen LogP contribution in [-0.2, 0) is 4.79 Å². The van der Waals surface area contributed by atoms with Gasteiger partial charge in [0.15, 0.2) is 0 Å². The van der Waals surface area contributed by atoms with E-state index < -0.39 is 6.03 Å². The number of nitrogens with zero attached hydrogens (tertiary/aromatic N) is 5. The summed E-state index contributed by atoms with van der Waals surface area (Å²) in [5.41, 5.74) is 2.21. The summed E-state index contributed by atoms with van der Waals surface area (Å²) < 4.78 is 1.48. The molecule has 0 aliphatic rings. The lowest BCUT2D eigenvalue weighted by atomic mass is 10.2. The number of aromatic nitrogens is 4. The predicted molar refractivity (Wildman–Crippen MR) is 79.6 cm³/mol. The van der Waals surface area contributed by atoms with Gasteiger partial charge < -0.3 is 15.5 Å². The first-order chi connectivity index (χ1) is 10.5. The molecule has 0 fully saturated rings. The van der Waals surface area contributed by atoms with Crippen molar-refractivity contribution in [2.75, 3.05) is 26.0 Å². The van der Waals surface area contributed by atoms with Crippen molar-refractivity contribution in [2.45, 2.75) is 6.92 Å². The van der Waals surface area contributed by atoms with Crippen LogP contribution in [0, 0.1) is 6.92 Å². The Labute approximate surface area is 127 Å². The zero-order chi connectivity index (χ0) is 16.1. The Kier molecular flexibility index (Phi) is 4.66. The quantitative estimate of drug-likeness (QED) is 0.838. The van der Waals surface area contributed by atoms with Crippen LogP contribution >= 0.6 is 0 Å². The Balaban J connectivity index is 2.04. The number of amides is 3. The molecule has 2 aromatic rings. The van der Waals surface area contributed by atoms with Crippen molar-refractivity contribution in [1.82, 2.24) is 30.4 Å². The lowest BCUT2D eigenvalue weighted by Gasteiger charge is -2.13. The SMILES string of the molecule is Cc1ccc(-n2cnnn2)cc1NC(=O)NCC(=O)N(C)C. The van der Waals surface area contributed by atoms with Crippen LogP contribution in [0.25, 0.3) is 5.69 Å². The first kappa shape index (κ1) is 15.4. The van der Waals surface area contributed by atoms with Gasteiger partial charge in [-0.25, -0.2) is 9.48 Å². The third kappa shape index (κ3) is 3.78. The maximum absolute atomic E-state index is 11.8. The average Bonchev–Trinajstić information content (AvgIpc) is 3.01. The number of urea groups is 1. The average molecular weight is 303 g/mol. The third-order valence-corrected chi connectivity index (χ3v) is 2.98. The van der Waals surface area contributed by atoms with E-state index in [-0.39, 0.29) is 12.5 Å². The second kappa shape index (κ2) is 6.66. The molecule has 0 unspecified atom stereocenters. The highest BCUT2D eigenvalue weighted by atomic mass is 16.2. The number of benzene rings is 1. The molecule has 1 aromatic heterocycles. The fourth-order valence-corrected chi connectivity index (χ4v) is 1.65. The molecule has 116 valence electrons. The summed E-state index contributed by atoms with van der Waals surface area (Å²) >= 11 is 0. The summed E-state index contributed by atoms with van der Waals surface area (Å²) in [6.07, 6.45) is 1.46. The van der Waals surface area contributed by atoms with Gasteiger partial charge in [-0.05, 0) is 35.0 Å². The molecule has 9 heteroatoms. The van der Waals surface area contributed by atoms with Crippen LogP contribution in [0.4, 0.5) is 10.5 Å². The zero-order valence-electron chi connectivity index (χ0n) is 12.6. The minimum absolute atomic E-state index is 0.0649. The fourth-order valence-electron chi connectivity index (χ4n) is 1.65. The number of hydrogen-bond donors (Lipinski definition) is 2. The van der Waals surface area contributed by atoms with Crippen LogP contribution in [0.2, 0.25) is 0 Å². The number of hydrogen-bond acceptors (Lipinski definition) is 5. The molecule has 1 aromatic carbocycles. The van der Waals surface area contributed by atoms with E-state index in [9.17, 15) is 9.59 Å². The van der Waals surface area contributed by atoms with Crippen molar-refractivity contribution in [1.29, 1.82) is 0 Å². The highest BCUT2D eigenvalue weighted by Gasteiger charge is 2.09. The summed E-state index contributed by atoms with van der Waals surface area (Å²) in [5.74, 6) is -0.186. The Bertz CT molecular complexity index is 667. The second-order valence-corrected chi connectivity index (χ2v) is 4.85. The molecule has 0 aliphatic carbocycles. The maximum Gasteiger partial charge on any atom is 0.319 e. The molecule has 9 nitrogen and oxygen atoms in total. The monoisotopic (exact) mass is 303 g/mol. The predicted octanol–water partition coefficient (Wildman–Crippen LogP) is 0.180. The van der Waals surface area contributed by atoms with E-state index >= 15 is 0 Å². The van der Waals surface area contributed by atoms with Crippen LogP contribution in [0.5, 0.6) is 0 Å². The van der Waals surface area contributed by atoms with Gasteiger partial charge in [0.2, 0.25) is 5.91 Å². The van der Waals surface area contributed by atoms with Gasteiger partial charge in [0, 0.05) is 19.8 Å². The lowest BCUT2D eigenvalue weighted by molar-refractivity contribution is -0.127. The second-order valence-electron chi connectivity index (χ2n) is 4.85. The Morgan fingerprint density at radius 3 is 2.73 bits per heavy atom. The maximum atomic E-state index is 11.8. The van der Waals surface area contributed by atoms with Gasteiger partial charge in [-0.3, -0.25) is 4.79 Å². The van der Waals surface area contributed by atoms with Gasteiger partial charge in [-0.2, -0.15) is 0 Å². The number of aryl methyl sites for hydroxylation is 1. The van der Waals surface area contributed by atoms with Crippen molar-refractivity contribution < 1.29 is 9.59 Å². The first-order valence-corrected chi connectivity index (χ1v) is 6.56. The molecule has 0 saturated carbocycles. The Morgan fingerprint density at radius 2 is 2.09 bits per heavy atom. The number of anilines is 1. The third-order valence-electron chi connectivity index (χ3n) is 2.98. The number of nitrogens with one attached hydrogen (secondary N) is 2. The molecule has 2 N–H and O–H groups in total. The zero-order valence-corrected chi connectivity index (χ0v) is 12.6. The molecule has 3 amide bonds. The summed E-state index contributed by atoms with van der Waals surface area (Å²) in [5, 5.41) is 16.1. The first-order valence-electron chi connectivity index (χ1n) is 6.56. The summed E-state index contributed by atoms with van der Waals surface area (Å²) in [6.45, 7) is 1.80. The van der Waals surface area contributed by atoms with Crippen LogP contribution < -0.4 is 10.6 Å². The van der Waals surface area contributed by atoms with Gasteiger partial charge in [0.1, 0.15) is 6.33 Å². The molecular weight excluding hydrogens is 286 g/mol. The fraction of sp³-hybridized carbons (Fsp3) is 0.308. The van der Waals surface area contributed by atoms with Crippen molar-refractivity contribution in [3.63, 3.8) is 0 Å². The molecule has 0 bridgehead atoms. The normalized spacial score (nSPS) is 10.1. The standard InChI is InChI=1S/C13H17N7O2/c1-9-4-5-10(20-8-15-17-18-20)6-11(9)16-13(22)14-7-12(21)19(2)3/h4-6,8H,7H2,1-3H3,(H2,14,16,22). The Hall–Kier alpha value is -2.97. The van der Waals surface area contributed by atoms with Crippen LogP contribution in [0.1, 0.15) is 5.56 Å². The van der Waals surface area contributed by atoms with Crippen molar-refractivity contribution >= 4 is 17.6 Å². The molecule has 2 rings (SSSR count). The number of likely N-dealkylation sites (N-methyl/N-ethyl adjacent to an activating group) is 1. The number of carbonyl (C=O) groups is 2. The van der Waals surface area contributed by atoms with E-state index in [1.807, 2.05) is 19.1 Å². The summed E-state index contributed by atoms with van der Waals surface area (Å²) in [7, 11) is 3.25. The lowest BCUT2D eigenvalue weighted by Crippen LogP contribution is -2.38. The molecule has 0 aliphatic heterocycles. The van der Waals surface area contributed by atoms with Gasteiger partial charge in [0.25, 0.3) is 0 Å². The largest absolute Gasteiger partial charge is 0.347 e. The van der Waals surface area contributed by atoms with Crippen LogP contribution in [-0.4, -0.2) is 57.7 Å². The van der Waals surface area contributed by atoms with Gasteiger partial charge in [-0.1, -0.05) is 6.07 Å². The molecule has 0 atom stereocenters. The Morgan fingerprint density at radius 1 is 1.32 bits per heavy atom. The van der Waals surface area contributed by atoms with Crippen molar-refractivity contribution in [2.24, 2.45) is 0 Å².